The Balaban J connectivity index is 4.12. The summed E-state index contributed by atoms with van der Waals surface area (Å²) >= 11 is 0. The molecule has 0 aromatic carbocycles. The predicted octanol–water partition coefficient (Wildman–Crippen LogP) is 23.9. The minimum absolute atomic E-state index is 0.0668. The summed E-state index contributed by atoms with van der Waals surface area (Å²) in [7, 11) is 0. The first-order valence-electron chi connectivity index (χ1n) is 35.0. The van der Waals surface area contributed by atoms with Gasteiger partial charge in [-0.2, -0.15) is 0 Å². The molecule has 0 aliphatic rings. The van der Waals surface area contributed by atoms with Gasteiger partial charge in [-0.25, -0.2) is 0 Å². The Morgan fingerprint density at radius 3 is 0.718 bits per heavy atom. The van der Waals surface area contributed by atoms with Crippen molar-refractivity contribution in [3.05, 3.63) is 36.5 Å². The van der Waals surface area contributed by atoms with Gasteiger partial charge >= 0.3 is 17.9 Å². The average molecular weight is 1100 g/mol. The highest BCUT2D eigenvalue weighted by Gasteiger charge is 2.19. The molecule has 0 saturated heterocycles. The van der Waals surface area contributed by atoms with E-state index in [9.17, 15) is 14.4 Å². The first-order valence-corrected chi connectivity index (χ1v) is 35.0. The van der Waals surface area contributed by atoms with Crippen molar-refractivity contribution < 1.29 is 28.6 Å². The summed E-state index contributed by atoms with van der Waals surface area (Å²) in [6.45, 7) is 6.68. The first-order chi connectivity index (χ1) is 38.5. The molecule has 0 bridgehead atoms. The summed E-state index contributed by atoms with van der Waals surface area (Å²) in [5.74, 6) is -0.844. The maximum Gasteiger partial charge on any atom is 0.306 e. The zero-order chi connectivity index (χ0) is 56.4. The van der Waals surface area contributed by atoms with Crippen LogP contribution in [0.1, 0.15) is 387 Å². The Morgan fingerprint density at radius 1 is 0.256 bits per heavy atom. The van der Waals surface area contributed by atoms with E-state index in [1.165, 1.54) is 276 Å². The molecule has 6 nitrogen and oxygen atoms in total. The minimum atomic E-state index is -0.768. The van der Waals surface area contributed by atoms with Crippen LogP contribution in [0.5, 0.6) is 0 Å². The number of ether oxygens (including phenoxy) is 3. The maximum absolute atomic E-state index is 12.9. The van der Waals surface area contributed by atoms with E-state index in [1.54, 1.807) is 0 Å². The third-order valence-electron chi connectivity index (χ3n) is 15.9. The number of hydrogen-bond acceptors (Lipinski definition) is 6. The Bertz CT molecular complexity index is 1300. The Hall–Kier alpha value is -2.37. The minimum Gasteiger partial charge on any atom is -0.462 e. The molecule has 6 heteroatoms. The molecule has 0 amide bonds. The lowest BCUT2D eigenvalue weighted by Crippen LogP contribution is -2.30. The smallest absolute Gasteiger partial charge is 0.306 e. The summed E-state index contributed by atoms with van der Waals surface area (Å²) in [6, 6.07) is 0. The SMILES string of the molecule is CCCCCCC/C=C\C/C=C\C/C=C\CCCCCCCCCCCCCCC(=O)OCC(COC(=O)CCCCCCCCCCC)OC(=O)CCCCCCCCCCCCCCCCCCCCCCCCCC. The molecule has 458 valence electrons. The van der Waals surface area contributed by atoms with Crippen molar-refractivity contribution >= 4 is 17.9 Å². The molecule has 0 aliphatic carbocycles. The molecule has 1 atom stereocenters. The Morgan fingerprint density at radius 2 is 0.462 bits per heavy atom. The predicted molar refractivity (Wildman–Crippen MR) is 339 cm³/mol. The van der Waals surface area contributed by atoms with E-state index in [0.29, 0.717) is 19.3 Å². The van der Waals surface area contributed by atoms with Crippen LogP contribution >= 0.6 is 0 Å². The molecule has 1 unspecified atom stereocenters. The number of esters is 3. The second kappa shape index (κ2) is 67.1. The molecule has 0 fully saturated rings. The summed E-state index contributed by atoms with van der Waals surface area (Å²) in [5, 5.41) is 0. The van der Waals surface area contributed by atoms with E-state index in [4.69, 9.17) is 14.2 Å². The average Bonchev–Trinajstić information content (AvgIpc) is 3.44. The van der Waals surface area contributed by atoms with E-state index in [-0.39, 0.29) is 31.1 Å². The van der Waals surface area contributed by atoms with Crippen LogP contribution in [0.3, 0.4) is 0 Å². The zero-order valence-electron chi connectivity index (χ0n) is 52.7. The second-order valence-electron chi connectivity index (χ2n) is 23.8. The van der Waals surface area contributed by atoms with Gasteiger partial charge in [-0.3, -0.25) is 14.4 Å². The summed E-state index contributed by atoms with van der Waals surface area (Å²) in [5.41, 5.74) is 0. The Kier molecular flexibility index (Phi) is 65.1. The van der Waals surface area contributed by atoms with E-state index in [2.05, 4.69) is 57.2 Å². The van der Waals surface area contributed by atoms with Crippen LogP contribution in [0.15, 0.2) is 36.5 Å². The number of hydrogen-bond donors (Lipinski definition) is 0. The number of carbonyl (C=O) groups excluding carboxylic acids is 3. The van der Waals surface area contributed by atoms with Gasteiger partial charge in [0.05, 0.1) is 0 Å². The summed E-state index contributed by atoms with van der Waals surface area (Å²) in [6.07, 6.45) is 83.3. The second-order valence-corrected chi connectivity index (χ2v) is 23.8. The monoisotopic (exact) mass is 1100 g/mol. The normalized spacial score (nSPS) is 12.2. The number of unbranched alkanes of at least 4 members (excludes halogenated alkanes) is 48. The lowest BCUT2D eigenvalue weighted by atomic mass is 10.0. The number of carbonyl (C=O) groups is 3. The fraction of sp³-hybridized carbons (Fsp3) is 0.875. The van der Waals surface area contributed by atoms with Crippen molar-refractivity contribution in [3.8, 4) is 0 Å². The van der Waals surface area contributed by atoms with Gasteiger partial charge in [0.2, 0.25) is 0 Å². The highest BCUT2D eigenvalue weighted by molar-refractivity contribution is 5.71. The quantitative estimate of drug-likeness (QED) is 0.0261. The van der Waals surface area contributed by atoms with Crippen molar-refractivity contribution in [2.75, 3.05) is 13.2 Å². The van der Waals surface area contributed by atoms with E-state index >= 15 is 0 Å². The Labute approximate surface area is 486 Å². The molecule has 0 N–H and O–H groups in total. The van der Waals surface area contributed by atoms with Crippen LogP contribution in [0, 0.1) is 0 Å². The number of allylic oxidation sites excluding steroid dienone is 6. The van der Waals surface area contributed by atoms with Gasteiger partial charge in [0.15, 0.2) is 6.10 Å². The highest BCUT2D eigenvalue weighted by atomic mass is 16.6. The van der Waals surface area contributed by atoms with Gasteiger partial charge < -0.3 is 14.2 Å². The molecular weight excluding hydrogens is 961 g/mol. The zero-order valence-corrected chi connectivity index (χ0v) is 52.7. The lowest BCUT2D eigenvalue weighted by molar-refractivity contribution is -0.167. The molecule has 0 aromatic heterocycles. The fourth-order valence-corrected chi connectivity index (χ4v) is 10.6. The summed E-state index contributed by atoms with van der Waals surface area (Å²) < 4.78 is 16.9. The molecule has 0 heterocycles. The van der Waals surface area contributed by atoms with Crippen molar-refractivity contribution in [3.63, 3.8) is 0 Å². The summed E-state index contributed by atoms with van der Waals surface area (Å²) in [4.78, 5) is 38.3. The van der Waals surface area contributed by atoms with Gasteiger partial charge in [0.1, 0.15) is 13.2 Å². The van der Waals surface area contributed by atoms with Crippen molar-refractivity contribution in [1.29, 1.82) is 0 Å². The van der Waals surface area contributed by atoms with Crippen LogP contribution in [0.4, 0.5) is 0 Å². The van der Waals surface area contributed by atoms with Crippen LogP contribution in [-0.2, 0) is 28.6 Å². The third-order valence-corrected chi connectivity index (χ3v) is 15.9. The third kappa shape index (κ3) is 64.5. The molecule has 78 heavy (non-hydrogen) atoms. The molecule has 0 aromatic rings. The molecule has 0 aliphatic heterocycles. The molecule has 0 saturated carbocycles. The molecule has 0 rings (SSSR count). The van der Waals surface area contributed by atoms with Crippen LogP contribution in [-0.4, -0.2) is 37.2 Å². The van der Waals surface area contributed by atoms with Crippen molar-refractivity contribution in [2.24, 2.45) is 0 Å². The molecular formula is C72H134O6. The number of rotatable bonds is 65. The van der Waals surface area contributed by atoms with Crippen LogP contribution in [0.25, 0.3) is 0 Å². The van der Waals surface area contributed by atoms with Gasteiger partial charge in [-0.15, -0.1) is 0 Å². The van der Waals surface area contributed by atoms with E-state index in [0.717, 1.165) is 70.6 Å². The van der Waals surface area contributed by atoms with Crippen LogP contribution < -0.4 is 0 Å². The van der Waals surface area contributed by atoms with E-state index in [1.807, 2.05) is 0 Å². The maximum atomic E-state index is 12.9. The van der Waals surface area contributed by atoms with Gasteiger partial charge in [0.25, 0.3) is 0 Å². The first kappa shape index (κ1) is 75.6. The largest absolute Gasteiger partial charge is 0.462 e. The van der Waals surface area contributed by atoms with Crippen LogP contribution in [0.2, 0.25) is 0 Å². The van der Waals surface area contributed by atoms with Gasteiger partial charge in [0, 0.05) is 19.3 Å². The molecule has 0 radical (unpaired) electrons. The van der Waals surface area contributed by atoms with E-state index < -0.39 is 6.10 Å². The van der Waals surface area contributed by atoms with Gasteiger partial charge in [-0.05, 0) is 57.8 Å². The lowest BCUT2D eigenvalue weighted by Gasteiger charge is -2.18. The molecule has 0 spiro atoms. The van der Waals surface area contributed by atoms with Crippen molar-refractivity contribution in [2.45, 2.75) is 393 Å². The highest BCUT2D eigenvalue weighted by Crippen LogP contribution is 2.18. The van der Waals surface area contributed by atoms with Crippen molar-refractivity contribution in [1.82, 2.24) is 0 Å². The standard InChI is InChI=1S/C72H134O6/c1-4-7-10-13-16-19-21-23-25-27-29-31-33-35-36-37-39-40-42-44-46-48-50-53-56-59-62-65-71(74)77-68-69(67-76-70(73)64-61-58-55-52-18-15-12-9-6-3)78-72(75)66-63-60-57-54-51-49-47-45-43-41-38-34-32-30-28-26-24-22-20-17-14-11-8-5-2/h21,23,27,29,33,35,69H,4-20,22,24-26,28,30-32,34,36-68H2,1-3H3/b23-21-,29-27-,35-33-. The van der Waals surface area contributed by atoms with Gasteiger partial charge in [-0.1, -0.05) is 346 Å². The fourth-order valence-electron chi connectivity index (χ4n) is 10.6. The topological polar surface area (TPSA) is 78.9 Å².